The van der Waals surface area contributed by atoms with Gasteiger partial charge in [0.2, 0.25) is 0 Å². The number of aliphatic carboxylic acids is 1. The summed E-state index contributed by atoms with van der Waals surface area (Å²) in [6.45, 7) is 9.77. The Bertz CT molecular complexity index is 295. The van der Waals surface area contributed by atoms with E-state index in [1.807, 2.05) is 13.8 Å². The predicted octanol–water partition coefficient (Wildman–Crippen LogP) is 2.39. The highest BCUT2D eigenvalue weighted by molar-refractivity contribution is 5.90. The van der Waals surface area contributed by atoms with Crippen LogP contribution in [0.1, 0.15) is 41.0 Å². The van der Waals surface area contributed by atoms with Crippen molar-refractivity contribution in [2.75, 3.05) is 0 Å². The number of carboxylic acids is 1. The highest BCUT2D eigenvalue weighted by Crippen LogP contribution is 2.29. The summed E-state index contributed by atoms with van der Waals surface area (Å²) in [6.07, 6.45) is 2.40. The van der Waals surface area contributed by atoms with Crippen LogP contribution in [0.3, 0.4) is 0 Å². The van der Waals surface area contributed by atoms with Crippen molar-refractivity contribution in [2.45, 2.75) is 46.6 Å². The number of carbonyl (C=O) groups is 2. The van der Waals surface area contributed by atoms with Gasteiger partial charge in [-0.2, -0.15) is 0 Å². The first-order valence-electron chi connectivity index (χ1n) is 5.16. The minimum absolute atomic E-state index is 0.0420. The number of esters is 1. The van der Waals surface area contributed by atoms with E-state index in [2.05, 4.69) is 20.8 Å². The zero-order valence-corrected chi connectivity index (χ0v) is 10.5. The van der Waals surface area contributed by atoms with Gasteiger partial charge in [-0.05, 0) is 25.7 Å². The van der Waals surface area contributed by atoms with Gasteiger partial charge in [0.15, 0.2) is 0 Å². The molecule has 0 radical (unpaired) electrons. The molecule has 0 aromatic heterocycles. The van der Waals surface area contributed by atoms with Crippen molar-refractivity contribution < 1.29 is 19.4 Å². The molecule has 4 nitrogen and oxygen atoms in total. The van der Waals surface area contributed by atoms with Crippen LogP contribution in [0.25, 0.3) is 0 Å². The largest absolute Gasteiger partial charge is 0.478 e. The van der Waals surface area contributed by atoms with Gasteiger partial charge in [0.1, 0.15) is 5.60 Å². The monoisotopic (exact) mass is 228 g/mol. The Balaban J connectivity index is 4.37. The number of rotatable bonds is 4. The number of carbonyl (C=O) groups excluding carboxylic acids is 1. The Hall–Kier alpha value is -1.32. The summed E-state index contributed by atoms with van der Waals surface area (Å²) >= 11 is 0. The quantitative estimate of drug-likeness (QED) is 0.592. The second-order valence-electron chi connectivity index (χ2n) is 5.59. The fourth-order valence-electron chi connectivity index (χ4n) is 1.76. The maximum absolute atomic E-state index is 11.3. The molecule has 16 heavy (non-hydrogen) atoms. The summed E-state index contributed by atoms with van der Waals surface area (Å²) in [4.78, 5) is 21.5. The molecule has 0 rings (SSSR count). The Morgan fingerprint density at radius 1 is 1.12 bits per heavy atom. The second-order valence-corrected chi connectivity index (χ2v) is 5.59. The molecular weight excluding hydrogens is 208 g/mol. The Morgan fingerprint density at radius 2 is 1.62 bits per heavy atom. The predicted molar refractivity (Wildman–Crippen MR) is 61.0 cm³/mol. The summed E-state index contributed by atoms with van der Waals surface area (Å²) in [6, 6.07) is 0. The average Bonchev–Trinajstić information content (AvgIpc) is 1.94. The van der Waals surface area contributed by atoms with Gasteiger partial charge in [0, 0.05) is 12.2 Å². The second kappa shape index (κ2) is 5.14. The van der Waals surface area contributed by atoms with E-state index in [9.17, 15) is 9.59 Å². The molecular formula is C12H20O4. The molecule has 0 heterocycles. The number of carboxylic acid groups (broad SMARTS) is 1. The van der Waals surface area contributed by atoms with Crippen molar-refractivity contribution in [1.29, 1.82) is 0 Å². The molecule has 0 saturated carbocycles. The van der Waals surface area contributed by atoms with Crippen LogP contribution in [0.2, 0.25) is 0 Å². The molecule has 0 spiro atoms. The number of ether oxygens (including phenoxy) is 1. The van der Waals surface area contributed by atoms with Crippen molar-refractivity contribution in [1.82, 2.24) is 0 Å². The van der Waals surface area contributed by atoms with E-state index in [0.29, 0.717) is 6.42 Å². The van der Waals surface area contributed by atoms with Crippen LogP contribution < -0.4 is 0 Å². The zero-order valence-electron chi connectivity index (χ0n) is 10.5. The average molecular weight is 228 g/mol. The van der Waals surface area contributed by atoms with Crippen LogP contribution in [0.5, 0.6) is 0 Å². The zero-order chi connectivity index (χ0) is 13.0. The molecule has 0 amide bonds. The molecule has 0 aromatic rings. The minimum Gasteiger partial charge on any atom is -0.478 e. The molecule has 0 bridgehead atoms. The first kappa shape index (κ1) is 14.7. The van der Waals surface area contributed by atoms with Crippen molar-refractivity contribution in [3.05, 3.63) is 12.2 Å². The Labute approximate surface area is 96.3 Å². The van der Waals surface area contributed by atoms with Gasteiger partial charge in [-0.15, -0.1) is 0 Å². The molecule has 4 heteroatoms. The molecule has 0 aliphatic carbocycles. The normalized spacial score (nSPS) is 12.8. The van der Waals surface area contributed by atoms with Crippen molar-refractivity contribution in [2.24, 2.45) is 5.41 Å². The van der Waals surface area contributed by atoms with E-state index in [-0.39, 0.29) is 5.41 Å². The lowest BCUT2D eigenvalue weighted by Gasteiger charge is -2.31. The maximum atomic E-state index is 11.3. The molecule has 92 valence electrons. The molecule has 0 fully saturated rings. The Morgan fingerprint density at radius 3 is 2.00 bits per heavy atom. The first-order valence-corrected chi connectivity index (χ1v) is 5.16. The molecule has 0 atom stereocenters. The highest BCUT2D eigenvalue weighted by Gasteiger charge is 2.28. The van der Waals surface area contributed by atoms with E-state index in [0.717, 1.165) is 12.2 Å². The maximum Gasteiger partial charge on any atom is 0.331 e. The molecule has 0 aromatic carbocycles. The van der Waals surface area contributed by atoms with Crippen LogP contribution in [0.4, 0.5) is 0 Å². The fraction of sp³-hybridized carbons (Fsp3) is 0.667. The topological polar surface area (TPSA) is 63.6 Å². The SMILES string of the molecule is CC(C)(C)CC(C)(C)OC(=O)/C=C\C(=O)O. The Kier molecular flexibility index (Phi) is 4.72. The van der Waals surface area contributed by atoms with Gasteiger partial charge in [0.05, 0.1) is 0 Å². The van der Waals surface area contributed by atoms with E-state index >= 15 is 0 Å². The van der Waals surface area contributed by atoms with Gasteiger partial charge in [0.25, 0.3) is 0 Å². The van der Waals surface area contributed by atoms with Crippen LogP contribution in [-0.2, 0) is 14.3 Å². The number of hydrogen-bond donors (Lipinski definition) is 1. The molecule has 0 aliphatic rings. The lowest BCUT2D eigenvalue weighted by atomic mass is 9.84. The van der Waals surface area contributed by atoms with E-state index in [4.69, 9.17) is 9.84 Å². The van der Waals surface area contributed by atoms with Crippen molar-refractivity contribution in [3.63, 3.8) is 0 Å². The molecule has 0 aliphatic heterocycles. The van der Waals surface area contributed by atoms with Crippen molar-refractivity contribution >= 4 is 11.9 Å². The molecule has 0 saturated heterocycles. The van der Waals surface area contributed by atoms with Gasteiger partial charge < -0.3 is 9.84 Å². The standard InChI is InChI=1S/C12H20O4/c1-11(2,3)8-12(4,5)16-10(15)7-6-9(13)14/h6-7H,8H2,1-5H3,(H,13,14)/b7-6-. The summed E-state index contributed by atoms with van der Waals surface area (Å²) in [5.74, 6) is -1.79. The molecule has 1 N–H and O–H groups in total. The third-order valence-corrected chi connectivity index (χ3v) is 1.69. The molecule has 0 unspecified atom stereocenters. The third-order valence-electron chi connectivity index (χ3n) is 1.69. The van der Waals surface area contributed by atoms with Crippen LogP contribution >= 0.6 is 0 Å². The minimum atomic E-state index is -1.16. The highest BCUT2D eigenvalue weighted by atomic mass is 16.6. The third kappa shape index (κ3) is 8.03. The first-order chi connectivity index (χ1) is 7.02. The van der Waals surface area contributed by atoms with Gasteiger partial charge >= 0.3 is 11.9 Å². The van der Waals surface area contributed by atoms with Gasteiger partial charge in [-0.25, -0.2) is 9.59 Å². The fourth-order valence-corrected chi connectivity index (χ4v) is 1.76. The van der Waals surface area contributed by atoms with Gasteiger partial charge in [-0.1, -0.05) is 20.8 Å². The van der Waals surface area contributed by atoms with Crippen LogP contribution in [0, 0.1) is 5.41 Å². The van der Waals surface area contributed by atoms with Crippen LogP contribution in [-0.4, -0.2) is 22.6 Å². The van der Waals surface area contributed by atoms with Crippen molar-refractivity contribution in [3.8, 4) is 0 Å². The van der Waals surface area contributed by atoms with E-state index in [1.165, 1.54) is 0 Å². The van der Waals surface area contributed by atoms with Crippen LogP contribution in [0.15, 0.2) is 12.2 Å². The summed E-state index contributed by atoms with van der Waals surface area (Å²) in [5, 5.41) is 8.35. The van der Waals surface area contributed by atoms with E-state index in [1.54, 1.807) is 0 Å². The number of hydrogen-bond acceptors (Lipinski definition) is 3. The smallest absolute Gasteiger partial charge is 0.331 e. The lowest BCUT2D eigenvalue weighted by Crippen LogP contribution is -2.32. The lowest BCUT2D eigenvalue weighted by molar-refractivity contribution is -0.152. The summed E-state index contributed by atoms with van der Waals surface area (Å²) in [5.41, 5.74) is -0.557. The summed E-state index contributed by atoms with van der Waals surface area (Å²) in [7, 11) is 0. The van der Waals surface area contributed by atoms with Gasteiger partial charge in [-0.3, -0.25) is 0 Å². The van der Waals surface area contributed by atoms with E-state index < -0.39 is 17.5 Å². The summed E-state index contributed by atoms with van der Waals surface area (Å²) < 4.78 is 5.18.